The second kappa shape index (κ2) is 12.3. The molecule has 4 rings (SSSR count). The fourth-order valence-electron chi connectivity index (χ4n) is 5.34. The third kappa shape index (κ3) is 6.89. The summed E-state index contributed by atoms with van der Waals surface area (Å²) in [6.45, 7) is 8.28. The average molecular weight is 638 g/mol. The Morgan fingerprint density at radius 3 is 2.33 bits per heavy atom. The lowest BCUT2D eigenvalue weighted by atomic mass is 9.96. The number of methoxy groups -OCH3 is 1. The summed E-state index contributed by atoms with van der Waals surface area (Å²) in [6.07, 6.45) is -1.08. The number of sulfonamides is 1. The van der Waals surface area contributed by atoms with Crippen molar-refractivity contribution >= 4 is 39.5 Å². The normalized spacial score (nSPS) is 21.6. The first-order chi connectivity index (χ1) is 20.0. The molecule has 2 saturated heterocycles. The summed E-state index contributed by atoms with van der Waals surface area (Å²) in [6, 6.07) is 6.45. The van der Waals surface area contributed by atoms with Crippen LogP contribution < -0.4 is 15.4 Å². The van der Waals surface area contributed by atoms with Gasteiger partial charge in [0.1, 0.15) is 34.7 Å². The fourth-order valence-corrected chi connectivity index (χ4v) is 7.22. The van der Waals surface area contributed by atoms with E-state index in [1.54, 1.807) is 58.9 Å². The molecule has 2 aliphatic rings. The van der Waals surface area contributed by atoms with E-state index >= 15 is 0 Å². The molecule has 0 spiro atoms. The maximum atomic E-state index is 14.4. The van der Waals surface area contributed by atoms with Crippen molar-refractivity contribution in [3.05, 3.63) is 58.9 Å². The second-order valence-corrected chi connectivity index (χ2v) is 14.2. The van der Waals surface area contributed by atoms with Gasteiger partial charge in [0.25, 0.3) is 0 Å². The number of benzene rings is 2. The lowest BCUT2D eigenvalue weighted by molar-refractivity contribution is -0.168. The van der Waals surface area contributed by atoms with Gasteiger partial charge in [0.05, 0.1) is 13.7 Å². The van der Waals surface area contributed by atoms with Gasteiger partial charge in [-0.15, -0.1) is 0 Å². The standard InChI is InChI=1S/C29H37ClFN5O6S/c1-17(2)34-16-25-35(43(40,41)24-14-20(31)11-12-23(24)42-6)15-21(32-28(39)33-29(3,4)5)26(37)36(25)22(27(34)38)13-18-7-9-19(30)10-8-18/h7-12,14,17,21-22,25H,13,15-16H2,1-6H3,(H2,32,33,39). The fraction of sp³-hybridized carbons (Fsp3) is 0.483. The van der Waals surface area contributed by atoms with Crippen LogP contribution in [0.3, 0.4) is 0 Å². The minimum Gasteiger partial charge on any atom is -0.495 e. The monoisotopic (exact) mass is 637 g/mol. The Hall–Kier alpha value is -3.42. The molecule has 2 aromatic carbocycles. The number of amides is 4. The molecule has 14 heteroatoms. The van der Waals surface area contributed by atoms with Crippen molar-refractivity contribution in [1.82, 2.24) is 24.7 Å². The molecule has 0 radical (unpaired) electrons. The van der Waals surface area contributed by atoms with Gasteiger partial charge >= 0.3 is 6.03 Å². The van der Waals surface area contributed by atoms with Crippen molar-refractivity contribution in [2.24, 2.45) is 0 Å². The number of hydrogen-bond acceptors (Lipinski definition) is 6. The maximum Gasteiger partial charge on any atom is 0.315 e. The molecule has 2 N–H and O–H groups in total. The van der Waals surface area contributed by atoms with E-state index in [1.165, 1.54) is 23.0 Å². The molecular formula is C29H37ClFN5O6S. The quantitative estimate of drug-likeness (QED) is 0.481. The van der Waals surface area contributed by atoms with E-state index in [1.807, 2.05) is 0 Å². The van der Waals surface area contributed by atoms with Crippen molar-refractivity contribution < 1.29 is 31.9 Å². The summed E-state index contributed by atoms with van der Waals surface area (Å²) in [7, 11) is -3.28. The first-order valence-corrected chi connectivity index (χ1v) is 15.7. The third-order valence-electron chi connectivity index (χ3n) is 7.30. The Bertz CT molecular complexity index is 1500. The molecule has 11 nitrogen and oxygen atoms in total. The molecule has 2 aliphatic heterocycles. The average Bonchev–Trinajstić information content (AvgIpc) is 2.91. The zero-order chi connectivity index (χ0) is 31.9. The van der Waals surface area contributed by atoms with E-state index in [0.717, 1.165) is 16.4 Å². The van der Waals surface area contributed by atoms with E-state index in [2.05, 4.69) is 10.6 Å². The van der Waals surface area contributed by atoms with Crippen LogP contribution >= 0.6 is 11.6 Å². The second-order valence-electron chi connectivity index (χ2n) is 11.9. The number of piperazine rings is 1. The number of carbonyl (C=O) groups is 3. The highest BCUT2D eigenvalue weighted by molar-refractivity contribution is 7.89. The molecule has 3 atom stereocenters. The van der Waals surface area contributed by atoms with Gasteiger partial charge in [-0.1, -0.05) is 23.7 Å². The Morgan fingerprint density at radius 2 is 1.74 bits per heavy atom. The summed E-state index contributed by atoms with van der Waals surface area (Å²) < 4.78 is 49.3. The molecule has 2 heterocycles. The van der Waals surface area contributed by atoms with Gasteiger partial charge in [-0.05, 0) is 70.5 Å². The molecule has 4 amide bonds. The van der Waals surface area contributed by atoms with Crippen LogP contribution in [0.4, 0.5) is 9.18 Å². The van der Waals surface area contributed by atoms with Crippen LogP contribution in [0.25, 0.3) is 0 Å². The highest BCUT2D eigenvalue weighted by atomic mass is 35.5. The zero-order valence-electron chi connectivity index (χ0n) is 24.9. The smallest absolute Gasteiger partial charge is 0.315 e. The van der Waals surface area contributed by atoms with Gasteiger partial charge < -0.3 is 25.2 Å². The van der Waals surface area contributed by atoms with Crippen molar-refractivity contribution in [2.45, 2.75) is 75.8 Å². The van der Waals surface area contributed by atoms with Crippen LogP contribution in [-0.2, 0) is 26.0 Å². The number of fused-ring (bicyclic) bond motifs is 1. The molecule has 2 aromatic rings. The van der Waals surface area contributed by atoms with Gasteiger partial charge in [-0.25, -0.2) is 17.6 Å². The Labute approximate surface area is 256 Å². The first kappa shape index (κ1) is 32.5. The summed E-state index contributed by atoms with van der Waals surface area (Å²) in [4.78, 5) is 43.2. The minimum atomic E-state index is -4.55. The lowest BCUT2D eigenvalue weighted by Crippen LogP contribution is -2.76. The van der Waals surface area contributed by atoms with Gasteiger partial charge in [0, 0.05) is 29.6 Å². The summed E-state index contributed by atoms with van der Waals surface area (Å²) in [5.74, 6) is -1.87. The minimum absolute atomic E-state index is 0.0690. The predicted molar refractivity (Wildman–Crippen MR) is 158 cm³/mol. The molecule has 0 bridgehead atoms. The molecular weight excluding hydrogens is 601 g/mol. The number of rotatable bonds is 7. The molecule has 0 aliphatic carbocycles. The Morgan fingerprint density at radius 1 is 1.09 bits per heavy atom. The number of carbonyl (C=O) groups excluding carboxylic acids is 3. The predicted octanol–water partition coefficient (Wildman–Crippen LogP) is 2.97. The van der Waals surface area contributed by atoms with Crippen molar-refractivity contribution in [2.75, 3.05) is 20.2 Å². The van der Waals surface area contributed by atoms with E-state index in [0.29, 0.717) is 10.6 Å². The molecule has 0 saturated carbocycles. The number of nitrogens with zero attached hydrogens (tertiary/aromatic N) is 3. The SMILES string of the molecule is COc1ccc(F)cc1S(=O)(=O)N1CC(NC(=O)NC(C)(C)C)C(=O)N2C(Cc3ccc(Cl)cc3)C(=O)N(C(C)C)CC21. The lowest BCUT2D eigenvalue weighted by Gasteiger charge is -2.54. The highest BCUT2D eigenvalue weighted by Crippen LogP contribution is 2.35. The van der Waals surface area contributed by atoms with Crippen molar-refractivity contribution in [3.8, 4) is 5.75 Å². The number of ether oxygens (including phenoxy) is 1. The van der Waals surface area contributed by atoms with E-state index in [9.17, 15) is 27.2 Å². The molecule has 0 aromatic heterocycles. The van der Waals surface area contributed by atoms with E-state index < -0.39 is 63.0 Å². The highest BCUT2D eigenvalue weighted by Gasteiger charge is 2.54. The topological polar surface area (TPSA) is 128 Å². The molecule has 43 heavy (non-hydrogen) atoms. The van der Waals surface area contributed by atoms with E-state index in [-0.39, 0.29) is 30.7 Å². The summed E-state index contributed by atoms with van der Waals surface area (Å²) in [5.41, 5.74) is 0.0442. The largest absolute Gasteiger partial charge is 0.495 e. The number of halogens is 2. The summed E-state index contributed by atoms with van der Waals surface area (Å²) >= 11 is 6.06. The number of nitrogens with one attached hydrogen (secondary N) is 2. The van der Waals surface area contributed by atoms with Gasteiger partial charge in [0.2, 0.25) is 21.8 Å². The first-order valence-electron chi connectivity index (χ1n) is 13.8. The Kier molecular flexibility index (Phi) is 9.29. The zero-order valence-corrected chi connectivity index (χ0v) is 26.5. The third-order valence-corrected chi connectivity index (χ3v) is 9.44. The van der Waals surface area contributed by atoms with Crippen LogP contribution in [0.15, 0.2) is 47.4 Å². The van der Waals surface area contributed by atoms with Gasteiger partial charge in [-0.2, -0.15) is 4.31 Å². The summed E-state index contributed by atoms with van der Waals surface area (Å²) in [5, 5.41) is 5.80. The van der Waals surface area contributed by atoms with Gasteiger partial charge in [0.15, 0.2) is 0 Å². The van der Waals surface area contributed by atoms with Crippen LogP contribution in [0.2, 0.25) is 5.02 Å². The van der Waals surface area contributed by atoms with Crippen molar-refractivity contribution in [1.29, 1.82) is 0 Å². The van der Waals surface area contributed by atoms with Crippen LogP contribution in [0, 0.1) is 5.82 Å². The Balaban J connectivity index is 1.85. The molecule has 234 valence electrons. The number of urea groups is 1. The number of hydrogen-bond donors (Lipinski definition) is 2. The van der Waals surface area contributed by atoms with Crippen LogP contribution in [-0.4, -0.2) is 90.4 Å². The van der Waals surface area contributed by atoms with Crippen LogP contribution in [0.5, 0.6) is 5.75 Å². The molecule has 2 fully saturated rings. The maximum absolute atomic E-state index is 14.4. The van der Waals surface area contributed by atoms with Gasteiger partial charge in [-0.3, -0.25) is 9.59 Å². The molecule has 3 unspecified atom stereocenters. The van der Waals surface area contributed by atoms with Crippen molar-refractivity contribution in [3.63, 3.8) is 0 Å². The van der Waals surface area contributed by atoms with E-state index in [4.69, 9.17) is 16.3 Å². The van der Waals surface area contributed by atoms with Crippen LogP contribution in [0.1, 0.15) is 40.2 Å².